The minimum atomic E-state index is -0.250. The molecular weight excluding hydrogens is 406 g/mol. The van der Waals surface area contributed by atoms with Crippen LogP contribution in [-0.4, -0.2) is 23.9 Å². The number of aliphatic hydroxyl groups is 1. The monoisotopic (exact) mass is 449 g/mol. The van der Waals surface area contributed by atoms with Gasteiger partial charge in [-0.3, -0.25) is 0 Å². The van der Waals surface area contributed by atoms with Crippen molar-refractivity contribution < 1.29 is 9.84 Å². The third-order valence-corrected chi connectivity index (χ3v) is 5.68. The molecule has 0 saturated heterocycles. The van der Waals surface area contributed by atoms with Crippen LogP contribution >= 0.6 is 0 Å². The molecule has 0 amide bonds. The second kappa shape index (κ2) is 16.1. The van der Waals surface area contributed by atoms with Gasteiger partial charge >= 0.3 is 0 Å². The van der Waals surface area contributed by atoms with Crippen molar-refractivity contribution in [3.05, 3.63) is 102 Å². The summed E-state index contributed by atoms with van der Waals surface area (Å²) in [4.78, 5) is 0. The van der Waals surface area contributed by atoms with Crippen molar-refractivity contribution >= 4 is 0 Å². The first-order valence-corrected chi connectivity index (χ1v) is 12.0. The Morgan fingerprint density at radius 3 is 2.48 bits per heavy atom. The Labute approximate surface area is 201 Å². The summed E-state index contributed by atoms with van der Waals surface area (Å²) in [5.74, 6) is 1.14. The van der Waals surface area contributed by atoms with Crippen molar-refractivity contribution in [1.82, 2.24) is 0 Å². The molecule has 1 aliphatic carbocycles. The Morgan fingerprint density at radius 1 is 1.18 bits per heavy atom. The number of aliphatic hydroxyl groups excluding tert-OH is 1. The predicted molar refractivity (Wildman–Crippen MR) is 143 cm³/mol. The molecule has 0 bridgehead atoms. The molecule has 2 rings (SSSR count). The zero-order chi connectivity index (χ0) is 24.6. The minimum absolute atomic E-state index is 0.0573. The van der Waals surface area contributed by atoms with Gasteiger partial charge in [0.1, 0.15) is 5.75 Å². The molecule has 0 aliphatic heterocycles. The molecule has 3 nitrogen and oxygen atoms in total. The summed E-state index contributed by atoms with van der Waals surface area (Å²) in [7, 11) is 0. The van der Waals surface area contributed by atoms with Crippen molar-refractivity contribution in [2.75, 3.05) is 6.61 Å². The van der Waals surface area contributed by atoms with E-state index < -0.39 is 0 Å². The van der Waals surface area contributed by atoms with Crippen LogP contribution in [0.5, 0.6) is 5.75 Å². The standard InChI is InChI=1S/C20H29NO.C10H14O/c1-5-9-15(4)18(10-6-2)20-16(11-8-12-19(20)21)13-14-17(22)7-3;1-3-8-11-10-7-5-4-6-9(10)2/h5-6,8-12,17,19-20,22H,1-2,7,13-14,21H2,3-4H3;4-7H,3,8H2,1-2H3/b15-9-,18-10+;. The number of allylic oxidation sites excluding steroid dienone is 7. The molecule has 33 heavy (non-hydrogen) atoms. The summed E-state index contributed by atoms with van der Waals surface area (Å²) >= 11 is 0. The summed E-state index contributed by atoms with van der Waals surface area (Å²) in [5, 5.41) is 9.84. The average Bonchev–Trinajstić information content (AvgIpc) is 2.81. The van der Waals surface area contributed by atoms with Crippen LogP contribution in [0.15, 0.2) is 96.7 Å². The van der Waals surface area contributed by atoms with Crippen molar-refractivity contribution in [3.8, 4) is 5.75 Å². The summed E-state index contributed by atoms with van der Waals surface area (Å²) in [6.45, 7) is 16.7. The molecule has 1 aliphatic rings. The van der Waals surface area contributed by atoms with E-state index in [0.717, 1.165) is 43.6 Å². The topological polar surface area (TPSA) is 55.5 Å². The van der Waals surface area contributed by atoms with Crippen LogP contribution in [0.1, 0.15) is 52.0 Å². The largest absolute Gasteiger partial charge is 0.493 e. The highest BCUT2D eigenvalue weighted by molar-refractivity contribution is 5.44. The number of benzene rings is 1. The minimum Gasteiger partial charge on any atom is -0.493 e. The maximum absolute atomic E-state index is 9.84. The number of aryl methyl sites for hydroxylation is 1. The third kappa shape index (κ3) is 9.81. The van der Waals surface area contributed by atoms with Crippen LogP contribution in [-0.2, 0) is 0 Å². The van der Waals surface area contributed by atoms with E-state index in [2.05, 4.69) is 46.1 Å². The average molecular weight is 450 g/mol. The molecule has 0 heterocycles. The van der Waals surface area contributed by atoms with E-state index in [1.807, 2.05) is 49.4 Å². The zero-order valence-corrected chi connectivity index (χ0v) is 21.0. The molecule has 3 N–H and O–H groups in total. The first-order valence-electron chi connectivity index (χ1n) is 12.0. The first-order chi connectivity index (χ1) is 15.9. The SMILES string of the molecule is C=C/C=C(C)\C(=C/C=C)C1C(CCC(O)CC)=CC=CC1N.CCCOc1ccccc1C. The summed E-state index contributed by atoms with van der Waals surface area (Å²) < 4.78 is 5.49. The lowest BCUT2D eigenvalue weighted by Crippen LogP contribution is -2.33. The maximum Gasteiger partial charge on any atom is 0.122 e. The maximum atomic E-state index is 9.84. The number of rotatable bonds is 11. The van der Waals surface area contributed by atoms with E-state index in [4.69, 9.17) is 10.5 Å². The lowest BCUT2D eigenvalue weighted by molar-refractivity contribution is 0.159. The van der Waals surface area contributed by atoms with Crippen LogP contribution < -0.4 is 10.5 Å². The Bertz CT molecular complexity index is 860. The quantitative estimate of drug-likeness (QED) is 0.357. The predicted octanol–water partition coefficient (Wildman–Crippen LogP) is 7.01. The van der Waals surface area contributed by atoms with Crippen LogP contribution in [0.4, 0.5) is 0 Å². The van der Waals surface area contributed by atoms with E-state index in [1.54, 1.807) is 12.2 Å². The number of hydrogen-bond donors (Lipinski definition) is 2. The smallest absolute Gasteiger partial charge is 0.122 e. The van der Waals surface area contributed by atoms with E-state index in [-0.39, 0.29) is 18.1 Å². The Balaban J connectivity index is 0.000000412. The molecule has 0 radical (unpaired) electrons. The summed E-state index contributed by atoms with van der Waals surface area (Å²) in [6, 6.07) is 8.03. The Hall–Kier alpha value is -2.62. The lowest BCUT2D eigenvalue weighted by atomic mass is 9.77. The van der Waals surface area contributed by atoms with E-state index >= 15 is 0 Å². The van der Waals surface area contributed by atoms with Gasteiger partial charge in [-0.25, -0.2) is 0 Å². The molecule has 0 spiro atoms. The third-order valence-electron chi connectivity index (χ3n) is 5.68. The van der Waals surface area contributed by atoms with E-state index in [9.17, 15) is 5.11 Å². The van der Waals surface area contributed by atoms with Crippen LogP contribution in [0.3, 0.4) is 0 Å². The second-order valence-corrected chi connectivity index (χ2v) is 8.34. The molecule has 3 heteroatoms. The summed E-state index contributed by atoms with van der Waals surface area (Å²) in [5.41, 5.74) is 11.2. The van der Waals surface area contributed by atoms with Gasteiger partial charge in [0, 0.05) is 12.0 Å². The van der Waals surface area contributed by atoms with Crippen molar-refractivity contribution in [2.24, 2.45) is 11.7 Å². The zero-order valence-electron chi connectivity index (χ0n) is 21.0. The van der Waals surface area contributed by atoms with Gasteiger partial charge < -0.3 is 15.6 Å². The normalized spacial score (nSPS) is 19.2. The molecule has 3 unspecified atom stereocenters. The molecular formula is C30H43NO2. The fourth-order valence-electron chi connectivity index (χ4n) is 3.76. The van der Waals surface area contributed by atoms with Gasteiger partial charge in [0.25, 0.3) is 0 Å². The number of para-hydroxylation sites is 1. The molecule has 180 valence electrons. The van der Waals surface area contributed by atoms with E-state index in [0.29, 0.717) is 0 Å². The summed E-state index contributed by atoms with van der Waals surface area (Å²) in [6.07, 6.45) is 17.0. The highest BCUT2D eigenvalue weighted by atomic mass is 16.5. The highest BCUT2D eigenvalue weighted by Gasteiger charge is 2.26. The number of ether oxygens (including phenoxy) is 1. The lowest BCUT2D eigenvalue weighted by Gasteiger charge is -2.30. The van der Waals surface area contributed by atoms with Gasteiger partial charge in [0.15, 0.2) is 0 Å². The highest BCUT2D eigenvalue weighted by Crippen LogP contribution is 2.34. The van der Waals surface area contributed by atoms with Crippen molar-refractivity contribution in [1.29, 1.82) is 0 Å². The van der Waals surface area contributed by atoms with Crippen molar-refractivity contribution in [3.63, 3.8) is 0 Å². The first kappa shape index (κ1) is 28.4. The van der Waals surface area contributed by atoms with Gasteiger partial charge in [-0.05, 0) is 62.3 Å². The molecule has 3 atom stereocenters. The number of hydrogen-bond acceptors (Lipinski definition) is 3. The molecule has 0 saturated carbocycles. The van der Waals surface area contributed by atoms with Crippen LogP contribution in [0.25, 0.3) is 0 Å². The van der Waals surface area contributed by atoms with Gasteiger partial charge in [-0.1, -0.05) is 93.3 Å². The van der Waals surface area contributed by atoms with Gasteiger partial charge in [-0.2, -0.15) is 0 Å². The molecule has 1 aromatic carbocycles. The van der Waals surface area contributed by atoms with Gasteiger partial charge in [0.2, 0.25) is 0 Å². The van der Waals surface area contributed by atoms with Gasteiger partial charge in [0.05, 0.1) is 12.7 Å². The number of nitrogens with two attached hydrogens (primary N) is 1. The van der Waals surface area contributed by atoms with Crippen LogP contribution in [0, 0.1) is 12.8 Å². The molecule has 1 aromatic rings. The fraction of sp³-hybridized carbons (Fsp3) is 0.400. The van der Waals surface area contributed by atoms with Crippen LogP contribution in [0.2, 0.25) is 0 Å². The fourth-order valence-corrected chi connectivity index (χ4v) is 3.76. The molecule has 0 aromatic heterocycles. The Kier molecular flexibility index (Phi) is 13.8. The Morgan fingerprint density at radius 2 is 1.88 bits per heavy atom. The van der Waals surface area contributed by atoms with E-state index in [1.165, 1.54) is 16.7 Å². The van der Waals surface area contributed by atoms with Crippen molar-refractivity contribution in [2.45, 2.75) is 65.5 Å². The van der Waals surface area contributed by atoms with Gasteiger partial charge in [-0.15, -0.1) is 0 Å². The second-order valence-electron chi connectivity index (χ2n) is 8.34. The molecule has 0 fully saturated rings.